The number of aryl methyl sites for hydroxylation is 1. The quantitative estimate of drug-likeness (QED) is 0.730. The topological polar surface area (TPSA) is 92.1 Å². The normalized spacial score (nSPS) is 11.9. The van der Waals surface area contributed by atoms with E-state index in [1.165, 1.54) is 10.5 Å². The maximum absolute atomic E-state index is 12.1. The summed E-state index contributed by atoms with van der Waals surface area (Å²) in [5, 5.41) is 6.28. The average Bonchev–Trinajstić information content (AvgIpc) is 2.60. The van der Waals surface area contributed by atoms with E-state index in [-0.39, 0.29) is 16.4 Å². The summed E-state index contributed by atoms with van der Waals surface area (Å²) in [6, 6.07) is 0. The van der Waals surface area contributed by atoms with E-state index in [0.717, 1.165) is 0 Å². The zero-order valence-corrected chi connectivity index (χ0v) is 10.7. The number of thiocarbonyl (C=S) groups is 1. The standard InChI is InChI=1S/C8H14N4O2S2/c1-3-12(5-8(9)15)16(13,14)7-4-10-11-6(7)2/h4H,3,5H2,1-2H3,(H2,9,15)(H,10,11). The molecule has 3 N–H and O–H groups in total. The van der Waals surface area contributed by atoms with Gasteiger partial charge in [-0.1, -0.05) is 19.1 Å². The highest BCUT2D eigenvalue weighted by molar-refractivity contribution is 7.89. The van der Waals surface area contributed by atoms with Crippen molar-refractivity contribution in [3.63, 3.8) is 0 Å². The van der Waals surface area contributed by atoms with Crippen LogP contribution in [0.3, 0.4) is 0 Å². The van der Waals surface area contributed by atoms with Crippen molar-refractivity contribution in [2.75, 3.05) is 13.1 Å². The summed E-state index contributed by atoms with van der Waals surface area (Å²) in [6.45, 7) is 3.73. The lowest BCUT2D eigenvalue weighted by molar-refractivity contribution is 0.467. The third kappa shape index (κ3) is 2.57. The van der Waals surface area contributed by atoms with Crippen LogP contribution in [0.4, 0.5) is 0 Å². The molecule has 0 aliphatic rings. The van der Waals surface area contributed by atoms with Crippen LogP contribution in [-0.2, 0) is 10.0 Å². The van der Waals surface area contributed by atoms with Gasteiger partial charge in [0.1, 0.15) is 4.90 Å². The van der Waals surface area contributed by atoms with Gasteiger partial charge in [-0.3, -0.25) is 5.10 Å². The number of H-pyrrole nitrogens is 1. The van der Waals surface area contributed by atoms with Gasteiger partial charge in [-0.15, -0.1) is 0 Å². The Morgan fingerprint density at radius 1 is 1.69 bits per heavy atom. The molecule has 0 fully saturated rings. The van der Waals surface area contributed by atoms with Crippen molar-refractivity contribution in [3.05, 3.63) is 11.9 Å². The first-order chi connectivity index (χ1) is 7.39. The third-order valence-electron chi connectivity index (χ3n) is 2.09. The molecule has 0 saturated heterocycles. The Hall–Kier alpha value is -0.990. The third-order valence-corrected chi connectivity index (χ3v) is 4.25. The minimum Gasteiger partial charge on any atom is -0.392 e. The van der Waals surface area contributed by atoms with Crippen LogP contribution in [-0.4, -0.2) is 41.0 Å². The van der Waals surface area contributed by atoms with Crippen LogP contribution in [0.2, 0.25) is 0 Å². The maximum Gasteiger partial charge on any atom is 0.246 e. The van der Waals surface area contributed by atoms with E-state index in [0.29, 0.717) is 12.2 Å². The summed E-state index contributed by atoms with van der Waals surface area (Å²) in [5.74, 6) is 0. The highest BCUT2D eigenvalue weighted by Crippen LogP contribution is 2.16. The molecule has 0 atom stereocenters. The monoisotopic (exact) mass is 262 g/mol. The molecule has 1 heterocycles. The Labute approximate surface area is 99.9 Å². The number of rotatable bonds is 5. The summed E-state index contributed by atoms with van der Waals surface area (Å²) in [7, 11) is -3.56. The first-order valence-electron chi connectivity index (χ1n) is 4.68. The van der Waals surface area contributed by atoms with Crippen LogP contribution in [0.25, 0.3) is 0 Å². The van der Waals surface area contributed by atoms with Crippen LogP contribution < -0.4 is 5.73 Å². The van der Waals surface area contributed by atoms with Crippen molar-refractivity contribution in [2.24, 2.45) is 5.73 Å². The van der Waals surface area contributed by atoms with Crippen molar-refractivity contribution < 1.29 is 8.42 Å². The summed E-state index contributed by atoms with van der Waals surface area (Å²) >= 11 is 4.72. The summed E-state index contributed by atoms with van der Waals surface area (Å²) in [4.78, 5) is 0.303. The number of nitrogens with one attached hydrogen (secondary N) is 1. The number of sulfonamides is 1. The van der Waals surface area contributed by atoms with E-state index in [4.69, 9.17) is 18.0 Å². The molecule has 0 spiro atoms. The molecule has 0 unspecified atom stereocenters. The Morgan fingerprint density at radius 3 is 2.69 bits per heavy atom. The lowest BCUT2D eigenvalue weighted by Gasteiger charge is -2.19. The Morgan fingerprint density at radius 2 is 2.31 bits per heavy atom. The fourth-order valence-corrected chi connectivity index (χ4v) is 3.06. The SMILES string of the molecule is CCN(CC(N)=S)S(=O)(=O)c1cn[nH]c1C. The molecule has 0 aromatic carbocycles. The molecular weight excluding hydrogens is 248 g/mol. The lowest BCUT2D eigenvalue weighted by Crippen LogP contribution is -2.37. The summed E-state index contributed by atoms with van der Waals surface area (Å²) in [5.41, 5.74) is 5.86. The maximum atomic E-state index is 12.1. The second-order valence-corrected chi connectivity index (χ2v) is 5.69. The Bertz CT molecular complexity index is 480. The zero-order valence-electron chi connectivity index (χ0n) is 9.10. The Balaban J connectivity index is 3.09. The van der Waals surface area contributed by atoms with Gasteiger partial charge in [0.2, 0.25) is 10.0 Å². The molecule has 1 aromatic heterocycles. The highest BCUT2D eigenvalue weighted by Gasteiger charge is 2.26. The van der Waals surface area contributed by atoms with E-state index in [9.17, 15) is 8.42 Å². The van der Waals surface area contributed by atoms with Gasteiger partial charge in [0, 0.05) is 6.54 Å². The molecule has 0 amide bonds. The molecule has 0 aliphatic carbocycles. The first kappa shape index (κ1) is 13.1. The second-order valence-electron chi connectivity index (χ2n) is 3.26. The molecule has 1 rings (SSSR count). The van der Waals surface area contributed by atoms with Gasteiger partial charge in [-0.05, 0) is 6.92 Å². The van der Waals surface area contributed by atoms with Crippen molar-refractivity contribution in [1.29, 1.82) is 0 Å². The number of likely N-dealkylation sites (N-methyl/N-ethyl adjacent to an activating group) is 1. The minimum absolute atomic E-state index is 0.0405. The van der Waals surface area contributed by atoms with E-state index in [1.807, 2.05) is 0 Å². The predicted octanol–water partition coefficient (Wildman–Crippen LogP) is 0.0148. The number of aromatic nitrogens is 2. The molecule has 16 heavy (non-hydrogen) atoms. The van der Waals surface area contributed by atoms with E-state index >= 15 is 0 Å². The highest BCUT2D eigenvalue weighted by atomic mass is 32.2. The molecule has 0 aliphatic heterocycles. The number of nitrogens with two attached hydrogens (primary N) is 1. The van der Waals surface area contributed by atoms with Crippen LogP contribution >= 0.6 is 12.2 Å². The molecular formula is C8H14N4O2S2. The van der Waals surface area contributed by atoms with Crippen molar-refractivity contribution in [3.8, 4) is 0 Å². The van der Waals surface area contributed by atoms with Gasteiger partial charge < -0.3 is 5.73 Å². The fourth-order valence-electron chi connectivity index (χ4n) is 1.28. The van der Waals surface area contributed by atoms with Crippen LogP contribution in [0, 0.1) is 6.92 Å². The molecule has 1 aromatic rings. The van der Waals surface area contributed by atoms with Crippen LogP contribution in [0.1, 0.15) is 12.6 Å². The molecule has 0 radical (unpaired) electrons. The minimum atomic E-state index is -3.56. The first-order valence-corrected chi connectivity index (χ1v) is 6.52. The van der Waals surface area contributed by atoms with Gasteiger partial charge in [0.05, 0.1) is 23.4 Å². The van der Waals surface area contributed by atoms with E-state index < -0.39 is 10.0 Å². The number of nitrogens with zero attached hydrogens (tertiary/aromatic N) is 2. The van der Waals surface area contributed by atoms with Crippen molar-refractivity contribution in [2.45, 2.75) is 18.7 Å². The second kappa shape index (κ2) is 4.89. The van der Waals surface area contributed by atoms with Gasteiger partial charge >= 0.3 is 0 Å². The molecule has 6 nitrogen and oxygen atoms in total. The van der Waals surface area contributed by atoms with Gasteiger partial charge in [0.15, 0.2) is 0 Å². The fraction of sp³-hybridized carbons (Fsp3) is 0.500. The Kier molecular flexibility index (Phi) is 4.00. The van der Waals surface area contributed by atoms with E-state index in [2.05, 4.69) is 10.2 Å². The van der Waals surface area contributed by atoms with Crippen molar-refractivity contribution in [1.82, 2.24) is 14.5 Å². The summed E-state index contributed by atoms with van der Waals surface area (Å²) < 4.78 is 25.5. The van der Waals surface area contributed by atoms with Gasteiger partial charge in [0.25, 0.3) is 0 Å². The largest absolute Gasteiger partial charge is 0.392 e. The molecule has 8 heteroatoms. The number of hydrogen-bond acceptors (Lipinski definition) is 4. The van der Waals surface area contributed by atoms with Crippen LogP contribution in [0.15, 0.2) is 11.1 Å². The van der Waals surface area contributed by atoms with Crippen molar-refractivity contribution >= 4 is 27.2 Å². The molecule has 90 valence electrons. The predicted molar refractivity (Wildman–Crippen MR) is 64.5 cm³/mol. The smallest absolute Gasteiger partial charge is 0.246 e. The number of aromatic amines is 1. The van der Waals surface area contributed by atoms with Gasteiger partial charge in [-0.25, -0.2) is 8.42 Å². The zero-order chi connectivity index (χ0) is 12.3. The van der Waals surface area contributed by atoms with Gasteiger partial charge in [-0.2, -0.15) is 9.40 Å². The lowest BCUT2D eigenvalue weighted by atomic mass is 10.5. The number of hydrogen-bond donors (Lipinski definition) is 2. The summed E-state index contributed by atoms with van der Waals surface area (Å²) in [6.07, 6.45) is 1.28. The molecule has 0 saturated carbocycles. The van der Waals surface area contributed by atoms with E-state index in [1.54, 1.807) is 13.8 Å². The van der Waals surface area contributed by atoms with Crippen LogP contribution in [0.5, 0.6) is 0 Å². The average molecular weight is 262 g/mol. The molecule has 0 bridgehead atoms.